The Hall–Kier alpha value is -1.98. The van der Waals surface area contributed by atoms with E-state index >= 15 is 0 Å². The van der Waals surface area contributed by atoms with Crippen molar-refractivity contribution >= 4 is 40.9 Å². The van der Waals surface area contributed by atoms with Gasteiger partial charge in [0.25, 0.3) is 5.91 Å². The van der Waals surface area contributed by atoms with Crippen molar-refractivity contribution in [1.82, 2.24) is 5.32 Å². The van der Waals surface area contributed by atoms with E-state index in [0.29, 0.717) is 17.0 Å². The van der Waals surface area contributed by atoms with Crippen molar-refractivity contribution < 1.29 is 9.59 Å². The van der Waals surface area contributed by atoms with Gasteiger partial charge in [0.05, 0.1) is 10.6 Å². The average molecular weight is 419 g/mol. The number of carbonyl (C=O) groups excluding carboxylic acids is 2. The van der Waals surface area contributed by atoms with Gasteiger partial charge in [0, 0.05) is 5.69 Å². The molecule has 0 saturated heterocycles. The van der Waals surface area contributed by atoms with E-state index in [1.807, 2.05) is 30.5 Å². The van der Waals surface area contributed by atoms with Crippen LogP contribution in [-0.2, 0) is 11.2 Å². The third-order valence-corrected chi connectivity index (χ3v) is 5.36. The van der Waals surface area contributed by atoms with E-state index < -0.39 is 6.04 Å². The van der Waals surface area contributed by atoms with Gasteiger partial charge in [-0.05, 0) is 61.1 Å². The van der Waals surface area contributed by atoms with Crippen LogP contribution < -0.4 is 10.6 Å². The molecule has 2 N–H and O–H groups in total. The summed E-state index contributed by atoms with van der Waals surface area (Å²) in [5, 5.41) is 6.10. The summed E-state index contributed by atoms with van der Waals surface area (Å²) >= 11 is 7.73. The number of rotatable bonds is 10. The van der Waals surface area contributed by atoms with Crippen molar-refractivity contribution in [2.45, 2.75) is 38.6 Å². The molecule has 2 amide bonds. The minimum Gasteiger partial charge on any atom is -0.340 e. The lowest BCUT2D eigenvalue weighted by atomic mass is 10.1. The van der Waals surface area contributed by atoms with Gasteiger partial charge in [-0.2, -0.15) is 11.8 Å². The SMILES string of the molecule is CCCCc1ccc(NC(=O)C(CCSC)NC(=O)c2ccccc2Cl)cc1. The number of halogens is 1. The lowest BCUT2D eigenvalue weighted by Gasteiger charge is -2.19. The van der Waals surface area contributed by atoms with Crippen LogP contribution in [-0.4, -0.2) is 29.9 Å². The fraction of sp³-hybridized carbons (Fsp3) is 0.364. The molecular weight excluding hydrogens is 392 g/mol. The molecule has 0 heterocycles. The van der Waals surface area contributed by atoms with Crippen LogP contribution in [0.5, 0.6) is 0 Å². The first-order valence-corrected chi connectivity index (χ1v) is 11.3. The van der Waals surface area contributed by atoms with Crippen molar-refractivity contribution in [3.63, 3.8) is 0 Å². The van der Waals surface area contributed by atoms with Gasteiger partial charge < -0.3 is 10.6 Å². The molecule has 0 radical (unpaired) electrons. The number of hydrogen-bond donors (Lipinski definition) is 2. The summed E-state index contributed by atoms with van der Waals surface area (Å²) in [5.74, 6) is 0.189. The lowest BCUT2D eigenvalue weighted by Crippen LogP contribution is -2.44. The van der Waals surface area contributed by atoms with Crippen LogP contribution in [0.25, 0.3) is 0 Å². The van der Waals surface area contributed by atoms with Crippen LogP contribution in [0.2, 0.25) is 5.02 Å². The van der Waals surface area contributed by atoms with Crippen molar-refractivity contribution in [2.75, 3.05) is 17.3 Å². The average Bonchev–Trinajstić information content (AvgIpc) is 2.70. The lowest BCUT2D eigenvalue weighted by molar-refractivity contribution is -0.118. The van der Waals surface area contributed by atoms with Gasteiger partial charge in [0.15, 0.2) is 0 Å². The molecule has 150 valence electrons. The molecule has 0 bridgehead atoms. The monoisotopic (exact) mass is 418 g/mol. The third kappa shape index (κ3) is 6.88. The molecule has 0 aliphatic rings. The van der Waals surface area contributed by atoms with Crippen LogP contribution in [0.1, 0.15) is 42.1 Å². The number of unbranched alkanes of at least 4 members (excludes halogenated alkanes) is 1. The van der Waals surface area contributed by atoms with Crippen LogP contribution >= 0.6 is 23.4 Å². The van der Waals surface area contributed by atoms with E-state index in [9.17, 15) is 9.59 Å². The van der Waals surface area contributed by atoms with Crippen molar-refractivity contribution in [2.24, 2.45) is 0 Å². The summed E-state index contributed by atoms with van der Waals surface area (Å²) in [4.78, 5) is 25.3. The molecule has 1 unspecified atom stereocenters. The van der Waals surface area contributed by atoms with Crippen LogP contribution in [0, 0.1) is 0 Å². The Kier molecular flexibility index (Phi) is 9.38. The second-order valence-electron chi connectivity index (χ2n) is 6.58. The fourth-order valence-corrected chi connectivity index (χ4v) is 3.44. The van der Waals surface area contributed by atoms with Gasteiger partial charge in [-0.25, -0.2) is 0 Å². The molecule has 28 heavy (non-hydrogen) atoms. The largest absolute Gasteiger partial charge is 0.340 e. The Bertz CT molecular complexity index is 780. The summed E-state index contributed by atoms with van der Waals surface area (Å²) in [5.41, 5.74) is 2.35. The van der Waals surface area contributed by atoms with Gasteiger partial charge in [0.2, 0.25) is 5.91 Å². The zero-order valence-corrected chi connectivity index (χ0v) is 17.9. The smallest absolute Gasteiger partial charge is 0.253 e. The second-order valence-corrected chi connectivity index (χ2v) is 7.97. The Morgan fingerprint density at radius 2 is 1.82 bits per heavy atom. The number of carbonyl (C=O) groups is 2. The maximum Gasteiger partial charge on any atom is 0.253 e. The predicted molar refractivity (Wildman–Crippen MR) is 119 cm³/mol. The number of nitrogens with one attached hydrogen (secondary N) is 2. The van der Waals surface area contributed by atoms with Crippen LogP contribution in [0.15, 0.2) is 48.5 Å². The Morgan fingerprint density at radius 3 is 2.46 bits per heavy atom. The second kappa shape index (κ2) is 11.8. The van der Waals surface area contributed by atoms with Gasteiger partial charge in [-0.15, -0.1) is 0 Å². The third-order valence-electron chi connectivity index (χ3n) is 4.39. The summed E-state index contributed by atoms with van der Waals surface area (Å²) < 4.78 is 0. The molecule has 6 heteroatoms. The van der Waals surface area contributed by atoms with E-state index in [1.165, 1.54) is 5.56 Å². The summed E-state index contributed by atoms with van der Waals surface area (Å²) in [6, 6.07) is 14.1. The number of hydrogen-bond acceptors (Lipinski definition) is 3. The molecule has 2 rings (SSSR count). The molecule has 0 fully saturated rings. The highest BCUT2D eigenvalue weighted by molar-refractivity contribution is 7.98. The van der Waals surface area contributed by atoms with E-state index in [-0.39, 0.29) is 11.8 Å². The Balaban J connectivity index is 2.04. The first-order valence-electron chi connectivity index (χ1n) is 9.49. The normalized spacial score (nSPS) is 11.7. The molecule has 2 aromatic rings. The summed E-state index contributed by atoms with van der Waals surface area (Å²) in [6.45, 7) is 2.17. The van der Waals surface area contributed by atoms with E-state index in [0.717, 1.165) is 30.7 Å². The van der Waals surface area contributed by atoms with Gasteiger partial charge in [-0.1, -0.05) is 49.2 Å². The van der Waals surface area contributed by atoms with E-state index in [4.69, 9.17) is 11.6 Å². The highest BCUT2D eigenvalue weighted by atomic mass is 35.5. The number of amides is 2. The topological polar surface area (TPSA) is 58.2 Å². The molecule has 0 aromatic heterocycles. The molecule has 0 spiro atoms. The fourth-order valence-electron chi connectivity index (χ4n) is 2.75. The minimum atomic E-state index is -0.629. The number of anilines is 1. The van der Waals surface area contributed by atoms with Gasteiger partial charge in [-0.3, -0.25) is 9.59 Å². The quantitative estimate of drug-likeness (QED) is 0.559. The predicted octanol–water partition coefficient (Wildman–Crippen LogP) is 5.17. The molecule has 0 saturated carbocycles. The maximum absolute atomic E-state index is 12.8. The molecule has 2 aromatic carbocycles. The van der Waals surface area contributed by atoms with Crippen LogP contribution in [0.3, 0.4) is 0 Å². The van der Waals surface area contributed by atoms with Crippen LogP contribution in [0.4, 0.5) is 5.69 Å². The molecule has 4 nitrogen and oxygen atoms in total. The maximum atomic E-state index is 12.8. The minimum absolute atomic E-state index is 0.226. The first kappa shape index (κ1) is 22.3. The summed E-state index contributed by atoms with van der Waals surface area (Å²) in [6.07, 6.45) is 5.85. The standard InChI is InChI=1S/C22H27ClN2O2S/c1-3-4-7-16-10-12-17(13-11-16)24-22(27)20(14-15-28-2)25-21(26)18-8-5-6-9-19(18)23/h5-6,8-13,20H,3-4,7,14-15H2,1-2H3,(H,24,27)(H,25,26). The Morgan fingerprint density at radius 1 is 1.11 bits per heavy atom. The van der Waals surface area contributed by atoms with Crippen molar-refractivity contribution in [1.29, 1.82) is 0 Å². The Labute approximate surface area is 176 Å². The first-order chi connectivity index (χ1) is 13.5. The van der Waals surface area contributed by atoms with Crippen molar-refractivity contribution in [3.8, 4) is 0 Å². The van der Waals surface area contributed by atoms with Gasteiger partial charge >= 0.3 is 0 Å². The highest BCUT2D eigenvalue weighted by Crippen LogP contribution is 2.16. The molecule has 1 atom stereocenters. The van der Waals surface area contributed by atoms with Crippen molar-refractivity contribution in [3.05, 3.63) is 64.7 Å². The number of benzene rings is 2. The van der Waals surface area contributed by atoms with E-state index in [1.54, 1.807) is 36.0 Å². The van der Waals surface area contributed by atoms with E-state index in [2.05, 4.69) is 17.6 Å². The number of thioether (sulfide) groups is 1. The molecular formula is C22H27ClN2O2S. The molecule has 0 aliphatic carbocycles. The highest BCUT2D eigenvalue weighted by Gasteiger charge is 2.22. The zero-order valence-electron chi connectivity index (χ0n) is 16.3. The van der Waals surface area contributed by atoms with Gasteiger partial charge in [0.1, 0.15) is 6.04 Å². The molecule has 0 aliphatic heterocycles. The zero-order chi connectivity index (χ0) is 20.4. The number of aryl methyl sites for hydroxylation is 1. The summed E-state index contributed by atoms with van der Waals surface area (Å²) in [7, 11) is 0.